The van der Waals surface area contributed by atoms with Gasteiger partial charge in [0, 0.05) is 12.6 Å². The van der Waals surface area contributed by atoms with Gasteiger partial charge in [-0.3, -0.25) is 9.78 Å². The second kappa shape index (κ2) is 5.31. The van der Waals surface area contributed by atoms with Crippen molar-refractivity contribution < 1.29 is 13.2 Å². The molecule has 1 N–H and O–H groups in total. The topological polar surface area (TPSA) is 50.7 Å². The summed E-state index contributed by atoms with van der Waals surface area (Å²) in [7, 11) is 1.46. The van der Waals surface area contributed by atoms with Gasteiger partial charge < -0.3 is 4.57 Å². The van der Waals surface area contributed by atoms with Gasteiger partial charge in [-0.15, -0.1) is 0 Å². The van der Waals surface area contributed by atoms with Crippen LogP contribution >= 0.6 is 12.2 Å². The third-order valence-corrected chi connectivity index (χ3v) is 3.82. The SMILES string of the molecule is Cn1c(=S)[nH]c(=O)c2c(C(F)(F)F)cc(-c3ccccc3)nc21. The van der Waals surface area contributed by atoms with E-state index in [0.717, 1.165) is 6.07 Å². The average molecular weight is 337 g/mol. The largest absolute Gasteiger partial charge is 0.417 e. The third kappa shape index (κ3) is 2.65. The number of benzene rings is 1. The monoisotopic (exact) mass is 337 g/mol. The number of fused-ring (bicyclic) bond motifs is 1. The van der Waals surface area contributed by atoms with E-state index >= 15 is 0 Å². The number of hydrogen-bond donors (Lipinski definition) is 1. The van der Waals surface area contributed by atoms with E-state index in [0.29, 0.717) is 5.56 Å². The second-order valence-corrected chi connectivity index (χ2v) is 5.32. The molecule has 0 saturated heterocycles. The number of nitrogens with one attached hydrogen (secondary N) is 1. The number of hydrogen-bond acceptors (Lipinski definition) is 3. The van der Waals surface area contributed by atoms with Crippen molar-refractivity contribution in [2.24, 2.45) is 7.05 Å². The molecule has 3 rings (SSSR count). The number of pyridine rings is 1. The zero-order chi connectivity index (χ0) is 16.8. The van der Waals surface area contributed by atoms with Gasteiger partial charge in [0.15, 0.2) is 4.77 Å². The molecule has 0 fully saturated rings. The fourth-order valence-electron chi connectivity index (χ4n) is 2.32. The predicted octanol–water partition coefficient (Wildman–Crippen LogP) is 3.68. The molecule has 2 heterocycles. The Kier molecular flexibility index (Phi) is 3.56. The van der Waals surface area contributed by atoms with Crippen LogP contribution in [0.5, 0.6) is 0 Å². The van der Waals surface area contributed by atoms with E-state index in [1.807, 2.05) is 0 Å². The van der Waals surface area contributed by atoms with Crippen molar-refractivity contribution in [2.75, 3.05) is 0 Å². The minimum Gasteiger partial charge on any atom is -0.306 e. The van der Waals surface area contributed by atoms with Gasteiger partial charge in [-0.1, -0.05) is 30.3 Å². The standard InChI is InChI=1S/C15H10F3N3OS/c1-21-12-11(13(22)20-14(21)23)9(15(16,17)18)7-10(19-12)8-5-3-2-4-6-8/h2-7H,1H3,(H,20,22,23). The van der Waals surface area contributed by atoms with Crippen molar-refractivity contribution >= 4 is 23.3 Å². The molecule has 0 amide bonds. The Hall–Kier alpha value is -2.48. The molecule has 3 aromatic rings. The highest BCUT2D eigenvalue weighted by atomic mass is 32.1. The number of aromatic amines is 1. The van der Waals surface area contributed by atoms with Crippen LogP contribution in [0.1, 0.15) is 5.56 Å². The number of aromatic nitrogens is 3. The van der Waals surface area contributed by atoms with Gasteiger partial charge in [0.1, 0.15) is 5.65 Å². The Bertz CT molecular complexity index is 1010. The lowest BCUT2D eigenvalue weighted by molar-refractivity contribution is -0.136. The van der Waals surface area contributed by atoms with Crippen LogP contribution in [-0.4, -0.2) is 14.5 Å². The first-order valence-corrected chi connectivity index (χ1v) is 6.96. The zero-order valence-electron chi connectivity index (χ0n) is 11.8. The van der Waals surface area contributed by atoms with Gasteiger partial charge in [0.05, 0.1) is 16.6 Å². The fraction of sp³-hybridized carbons (Fsp3) is 0.133. The fourth-order valence-corrected chi connectivity index (χ4v) is 2.50. The molecule has 0 radical (unpaired) electrons. The molecule has 0 atom stereocenters. The summed E-state index contributed by atoms with van der Waals surface area (Å²) in [6.07, 6.45) is -4.69. The minimum absolute atomic E-state index is 0.00772. The molecular formula is C15H10F3N3OS. The Labute approximate surface area is 133 Å². The van der Waals surface area contributed by atoms with E-state index in [9.17, 15) is 18.0 Å². The van der Waals surface area contributed by atoms with E-state index in [1.165, 1.54) is 11.6 Å². The van der Waals surface area contributed by atoms with Crippen molar-refractivity contribution in [2.45, 2.75) is 6.18 Å². The first-order chi connectivity index (χ1) is 10.8. The number of aryl methyl sites for hydroxylation is 1. The zero-order valence-corrected chi connectivity index (χ0v) is 12.6. The lowest BCUT2D eigenvalue weighted by Gasteiger charge is -2.14. The summed E-state index contributed by atoms with van der Waals surface area (Å²) in [4.78, 5) is 18.4. The summed E-state index contributed by atoms with van der Waals surface area (Å²) < 4.78 is 41.5. The number of nitrogens with zero attached hydrogens (tertiary/aromatic N) is 2. The summed E-state index contributed by atoms with van der Waals surface area (Å²) in [5, 5.41) is -0.520. The van der Waals surface area contributed by atoms with Crippen LogP contribution in [0.2, 0.25) is 0 Å². The van der Waals surface area contributed by atoms with Gasteiger partial charge >= 0.3 is 6.18 Å². The van der Waals surface area contributed by atoms with E-state index in [4.69, 9.17) is 12.2 Å². The van der Waals surface area contributed by atoms with Crippen molar-refractivity contribution in [3.05, 3.63) is 57.1 Å². The summed E-state index contributed by atoms with van der Waals surface area (Å²) in [6.45, 7) is 0. The molecule has 0 aliphatic carbocycles. The highest BCUT2D eigenvalue weighted by Gasteiger charge is 2.35. The highest BCUT2D eigenvalue weighted by molar-refractivity contribution is 7.71. The van der Waals surface area contributed by atoms with Crippen LogP contribution in [0.25, 0.3) is 22.3 Å². The average Bonchev–Trinajstić information content (AvgIpc) is 2.51. The van der Waals surface area contributed by atoms with Crippen molar-refractivity contribution in [1.29, 1.82) is 0 Å². The first kappa shape index (κ1) is 15.4. The van der Waals surface area contributed by atoms with Gasteiger partial charge in [-0.05, 0) is 18.3 Å². The summed E-state index contributed by atoms with van der Waals surface area (Å²) in [6, 6.07) is 9.33. The van der Waals surface area contributed by atoms with Crippen LogP contribution in [-0.2, 0) is 13.2 Å². The minimum atomic E-state index is -4.69. The number of rotatable bonds is 1. The maximum Gasteiger partial charge on any atom is 0.417 e. The Morgan fingerprint density at radius 3 is 2.48 bits per heavy atom. The molecule has 0 aliphatic heterocycles. The maximum absolute atomic E-state index is 13.4. The second-order valence-electron chi connectivity index (χ2n) is 4.94. The van der Waals surface area contributed by atoms with Gasteiger partial charge in [-0.2, -0.15) is 13.2 Å². The van der Waals surface area contributed by atoms with Crippen LogP contribution < -0.4 is 5.56 Å². The lowest BCUT2D eigenvalue weighted by atomic mass is 10.1. The molecule has 118 valence electrons. The molecule has 4 nitrogen and oxygen atoms in total. The van der Waals surface area contributed by atoms with E-state index in [1.54, 1.807) is 30.3 Å². The molecule has 0 unspecified atom stereocenters. The molecule has 0 bridgehead atoms. The number of alkyl halides is 3. The molecule has 1 aromatic carbocycles. The Morgan fingerprint density at radius 2 is 1.87 bits per heavy atom. The van der Waals surface area contributed by atoms with Crippen LogP contribution in [0.3, 0.4) is 0 Å². The molecule has 0 aliphatic rings. The first-order valence-electron chi connectivity index (χ1n) is 6.55. The van der Waals surface area contributed by atoms with Crippen LogP contribution in [0.15, 0.2) is 41.2 Å². The predicted molar refractivity (Wildman–Crippen MR) is 82.6 cm³/mol. The van der Waals surface area contributed by atoms with Gasteiger partial charge in [0.2, 0.25) is 0 Å². The van der Waals surface area contributed by atoms with Crippen molar-refractivity contribution in [3.63, 3.8) is 0 Å². The summed E-state index contributed by atoms with van der Waals surface area (Å²) >= 11 is 4.95. The summed E-state index contributed by atoms with van der Waals surface area (Å²) in [5.74, 6) is 0. The smallest absolute Gasteiger partial charge is 0.306 e. The number of H-pyrrole nitrogens is 1. The van der Waals surface area contributed by atoms with Gasteiger partial charge in [-0.25, -0.2) is 4.98 Å². The summed E-state index contributed by atoms with van der Waals surface area (Å²) in [5.41, 5.74) is -1.39. The molecule has 0 saturated carbocycles. The van der Waals surface area contributed by atoms with Crippen molar-refractivity contribution in [3.8, 4) is 11.3 Å². The lowest BCUT2D eigenvalue weighted by Crippen LogP contribution is -2.19. The number of halogens is 3. The Morgan fingerprint density at radius 1 is 1.22 bits per heavy atom. The van der Waals surface area contributed by atoms with E-state index < -0.39 is 22.7 Å². The third-order valence-electron chi connectivity index (χ3n) is 3.45. The van der Waals surface area contributed by atoms with Crippen molar-refractivity contribution in [1.82, 2.24) is 14.5 Å². The highest BCUT2D eigenvalue weighted by Crippen LogP contribution is 2.35. The van der Waals surface area contributed by atoms with E-state index in [2.05, 4.69) is 9.97 Å². The van der Waals surface area contributed by atoms with Crippen LogP contribution in [0, 0.1) is 4.77 Å². The quantitative estimate of drug-likeness (QED) is 0.689. The maximum atomic E-state index is 13.4. The Balaban J connectivity index is 2.51. The van der Waals surface area contributed by atoms with Gasteiger partial charge in [0.25, 0.3) is 5.56 Å². The molecule has 2 aromatic heterocycles. The molecule has 8 heteroatoms. The molecule has 23 heavy (non-hydrogen) atoms. The van der Waals surface area contributed by atoms with Crippen LogP contribution in [0.4, 0.5) is 13.2 Å². The normalized spacial score (nSPS) is 11.8. The van der Waals surface area contributed by atoms with E-state index in [-0.39, 0.29) is 16.1 Å². The molecular weight excluding hydrogens is 327 g/mol. The molecule has 0 spiro atoms.